The molecule has 0 radical (unpaired) electrons. The maximum Gasteiger partial charge on any atom is 0.252 e. The number of nitrogens with zero attached hydrogens (tertiary/aromatic N) is 2. The third-order valence-corrected chi connectivity index (χ3v) is 10.1. The number of hydrogen-bond donors (Lipinski definition) is 0. The molecule has 0 unspecified atom stereocenters. The number of para-hydroxylation sites is 1. The fourth-order valence-electron chi connectivity index (χ4n) is 7.96. The van der Waals surface area contributed by atoms with Gasteiger partial charge in [0.2, 0.25) is 0 Å². The normalized spacial score (nSPS) is 15.7. The van der Waals surface area contributed by atoms with E-state index in [1.54, 1.807) is 0 Å². The first kappa shape index (κ1) is 26.4. The molecule has 43 heavy (non-hydrogen) atoms. The largest absolute Gasteiger partial charge is 0.311 e. The van der Waals surface area contributed by atoms with Gasteiger partial charge in [-0.2, -0.15) is 0 Å². The molecule has 3 heteroatoms. The molecule has 0 spiro atoms. The second kappa shape index (κ2) is 10.2. The van der Waals surface area contributed by atoms with Gasteiger partial charge in [0.05, 0.1) is 0 Å². The van der Waals surface area contributed by atoms with E-state index >= 15 is 0 Å². The SMILES string of the molecule is Cc1ccc(N2c3ccccc3B3c4cc(C)ccc4N(c4cc(C)ccc4C)c4cc(C5CCCCC5)cc2c43)cc1. The Morgan fingerprint density at radius 3 is 1.98 bits per heavy atom. The Kier molecular flexibility index (Phi) is 6.26. The van der Waals surface area contributed by atoms with E-state index in [0.717, 1.165) is 0 Å². The molecule has 5 aromatic carbocycles. The number of aryl methyl sites for hydroxylation is 4. The van der Waals surface area contributed by atoms with Gasteiger partial charge in [-0.3, -0.25) is 0 Å². The molecule has 212 valence electrons. The van der Waals surface area contributed by atoms with Crippen LogP contribution in [-0.4, -0.2) is 6.71 Å². The Balaban J connectivity index is 1.49. The van der Waals surface area contributed by atoms with Crippen LogP contribution in [0.2, 0.25) is 0 Å². The molecule has 0 aromatic heterocycles. The van der Waals surface area contributed by atoms with Gasteiger partial charge in [0.15, 0.2) is 0 Å². The number of hydrogen-bond acceptors (Lipinski definition) is 2. The van der Waals surface area contributed by atoms with Gasteiger partial charge >= 0.3 is 0 Å². The second-order valence-electron chi connectivity index (χ2n) is 13.2. The van der Waals surface area contributed by atoms with Crippen molar-refractivity contribution in [1.29, 1.82) is 0 Å². The van der Waals surface area contributed by atoms with E-state index in [0.29, 0.717) is 5.92 Å². The van der Waals surface area contributed by atoms with Gasteiger partial charge in [-0.15, -0.1) is 0 Å². The number of benzene rings is 5. The van der Waals surface area contributed by atoms with Gasteiger partial charge in [-0.1, -0.05) is 85.0 Å². The van der Waals surface area contributed by atoms with Crippen molar-refractivity contribution in [3.8, 4) is 0 Å². The van der Waals surface area contributed by atoms with E-state index in [2.05, 4.69) is 135 Å². The van der Waals surface area contributed by atoms with E-state index < -0.39 is 0 Å². The summed E-state index contributed by atoms with van der Waals surface area (Å²) in [5, 5.41) is 0. The minimum Gasteiger partial charge on any atom is -0.311 e. The fraction of sp³-hybridized carbons (Fsp3) is 0.250. The molecule has 0 amide bonds. The summed E-state index contributed by atoms with van der Waals surface area (Å²) in [6.45, 7) is 9.07. The summed E-state index contributed by atoms with van der Waals surface area (Å²) in [4.78, 5) is 5.15. The van der Waals surface area contributed by atoms with Gasteiger partial charge in [-0.05, 0) is 122 Å². The number of fused-ring (bicyclic) bond motifs is 4. The van der Waals surface area contributed by atoms with Crippen LogP contribution in [0.4, 0.5) is 34.1 Å². The van der Waals surface area contributed by atoms with Crippen LogP contribution in [0.3, 0.4) is 0 Å². The smallest absolute Gasteiger partial charge is 0.252 e. The van der Waals surface area contributed by atoms with Crippen LogP contribution in [-0.2, 0) is 0 Å². The first-order valence-electron chi connectivity index (χ1n) is 16.1. The summed E-state index contributed by atoms with van der Waals surface area (Å²) in [5.74, 6) is 0.602. The van der Waals surface area contributed by atoms with Crippen molar-refractivity contribution in [3.63, 3.8) is 0 Å². The summed E-state index contributed by atoms with van der Waals surface area (Å²) >= 11 is 0. The van der Waals surface area contributed by atoms with Crippen molar-refractivity contribution in [2.24, 2.45) is 0 Å². The maximum absolute atomic E-state index is 2.60. The molecule has 0 saturated heterocycles. The molecule has 2 nitrogen and oxygen atoms in total. The summed E-state index contributed by atoms with van der Waals surface area (Å²) in [6, 6.07) is 37.4. The van der Waals surface area contributed by atoms with Crippen molar-refractivity contribution in [2.45, 2.75) is 65.7 Å². The van der Waals surface area contributed by atoms with Crippen LogP contribution in [0.1, 0.15) is 65.8 Å². The van der Waals surface area contributed by atoms with E-state index in [1.165, 1.54) is 110 Å². The molecule has 5 aromatic rings. The van der Waals surface area contributed by atoms with Crippen LogP contribution < -0.4 is 26.2 Å². The predicted molar refractivity (Wildman–Crippen MR) is 185 cm³/mol. The third kappa shape index (κ3) is 4.24. The minimum atomic E-state index is 0.180. The molecular formula is C40H39BN2. The van der Waals surface area contributed by atoms with Crippen molar-refractivity contribution in [1.82, 2.24) is 0 Å². The first-order valence-corrected chi connectivity index (χ1v) is 16.1. The van der Waals surface area contributed by atoms with E-state index in [9.17, 15) is 0 Å². The molecule has 1 fully saturated rings. The van der Waals surface area contributed by atoms with Crippen LogP contribution in [0, 0.1) is 27.7 Å². The van der Waals surface area contributed by atoms with E-state index in [1.807, 2.05) is 0 Å². The molecule has 1 aliphatic carbocycles. The Morgan fingerprint density at radius 1 is 0.535 bits per heavy atom. The van der Waals surface area contributed by atoms with Crippen molar-refractivity contribution >= 4 is 57.2 Å². The van der Waals surface area contributed by atoms with Crippen LogP contribution in [0.25, 0.3) is 0 Å². The fourth-order valence-corrected chi connectivity index (χ4v) is 7.96. The van der Waals surface area contributed by atoms with Crippen LogP contribution >= 0.6 is 0 Å². The number of anilines is 6. The highest BCUT2D eigenvalue weighted by Gasteiger charge is 2.44. The lowest BCUT2D eigenvalue weighted by molar-refractivity contribution is 0.444. The highest BCUT2D eigenvalue weighted by molar-refractivity contribution is 7.00. The Bertz CT molecular complexity index is 1870. The lowest BCUT2D eigenvalue weighted by Crippen LogP contribution is -2.61. The minimum absolute atomic E-state index is 0.180. The zero-order valence-electron chi connectivity index (χ0n) is 25.8. The highest BCUT2D eigenvalue weighted by atomic mass is 15.2. The second-order valence-corrected chi connectivity index (χ2v) is 13.2. The summed E-state index contributed by atoms with van der Waals surface area (Å²) < 4.78 is 0. The average Bonchev–Trinajstić information content (AvgIpc) is 3.03. The first-order chi connectivity index (χ1) is 21.0. The molecule has 8 rings (SSSR count). The van der Waals surface area contributed by atoms with Gasteiger partial charge in [0.1, 0.15) is 0 Å². The zero-order valence-corrected chi connectivity index (χ0v) is 25.8. The third-order valence-electron chi connectivity index (χ3n) is 10.1. The Labute approximate surface area is 257 Å². The van der Waals surface area contributed by atoms with E-state index in [-0.39, 0.29) is 6.71 Å². The van der Waals surface area contributed by atoms with Crippen molar-refractivity contribution in [2.75, 3.05) is 9.80 Å². The lowest BCUT2D eigenvalue weighted by atomic mass is 9.33. The molecular weight excluding hydrogens is 519 g/mol. The average molecular weight is 559 g/mol. The quantitative estimate of drug-likeness (QED) is 0.200. The van der Waals surface area contributed by atoms with Gasteiger partial charge in [0, 0.05) is 34.1 Å². The van der Waals surface area contributed by atoms with Gasteiger partial charge in [0.25, 0.3) is 6.71 Å². The molecule has 1 saturated carbocycles. The van der Waals surface area contributed by atoms with E-state index in [4.69, 9.17) is 0 Å². The summed E-state index contributed by atoms with van der Waals surface area (Å²) in [5.41, 5.74) is 18.7. The Hall–Kier alpha value is -4.24. The van der Waals surface area contributed by atoms with Crippen LogP contribution in [0.5, 0.6) is 0 Å². The van der Waals surface area contributed by atoms with Crippen molar-refractivity contribution < 1.29 is 0 Å². The Morgan fingerprint density at radius 2 is 1.19 bits per heavy atom. The number of rotatable bonds is 3. The highest BCUT2D eigenvalue weighted by Crippen LogP contribution is 2.47. The topological polar surface area (TPSA) is 6.48 Å². The molecule has 0 N–H and O–H groups in total. The molecule has 0 atom stereocenters. The monoisotopic (exact) mass is 558 g/mol. The predicted octanol–water partition coefficient (Wildman–Crippen LogP) is 9.05. The standard InChI is InChI=1S/C40H39BN2/c1-26-15-19-32(20-16-26)42-35-13-9-8-12-33(35)41-34-22-27(2)17-21-36(34)43(37-23-28(3)14-18-29(37)4)39-25-31(24-38(42)40(39)41)30-10-6-5-7-11-30/h8-9,12-25,30H,5-7,10-11H2,1-4H3. The van der Waals surface area contributed by atoms with Gasteiger partial charge in [-0.25, -0.2) is 0 Å². The summed E-state index contributed by atoms with van der Waals surface area (Å²) in [7, 11) is 0. The van der Waals surface area contributed by atoms with Crippen molar-refractivity contribution in [3.05, 3.63) is 125 Å². The van der Waals surface area contributed by atoms with Gasteiger partial charge < -0.3 is 9.80 Å². The molecule has 2 aliphatic heterocycles. The van der Waals surface area contributed by atoms with Crippen LogP contribution in [0.15, 0.2) is 97.1 Å². The summed E-state index contributed by atoms with van der Waals surface area (Å²) in [6.07, 6.45) is 6.57. The molecule has 0 bridgehead atoms. The zero-order chi connectivity index (χ0) is 29.2. The molecule has 2 heterocycles. The molecule has 3 aliphatic rings. The maximum atomic E-state index is 2.60. The lowest BCUT2D eigenvalue weighted by Gasteiger charge is -2.45.